The summed E-state index contributed by atoms with van der Waals surface area (Å²) in [7, 11) is -1.33. The third-order valence-electron chi connectivity index (χ3n) is 4.21. The molecule has 1 atom stereocenters. The van der Waals surface area contributed by atoms with E-state index in [1.807, 2.05) is 31.2 Å². The normalized spacial score (nSPS) is 21.0. The smallest absolute Gasteiger partial charge is 0.156 e. The fraction of sp³-hybridized carbons (Fsp3) is 0.438. The Hall–Kier alpha value is -1.82. The van der Waals surface area contributed by atoms with Crippen LogP contribution in [0.15, 0.2) is 24.3 Å². The van der Waals surface area contributed by atoms with Crippen LogP contribution in [-0.2, 0) is 9.84 Å². The van der Waals surface area contributed by atoms with E-state index >= 15 is 0 Å². The fourth-order valence-electron chi connectivity index (χ4n) is 2.93. The first kappa shape index (κ1) is 15.1. The molecule has 0 bridgehead atoms. The lowest BCUT2D eigenvalue weighted by atomic mass is 10.1. The van der Waals surface area contributed by atoms with Crippen LogP contribution in [0.1, 0.15) is 12.6 Å². The molecule has 6 heteroatoms. The number of rotatable bonds is 2. The Morgan fingerprint density at radius 3 is 2.82 bits per heavy atom. The number of methoxy groups -OCH3 is 1. The summed E-state index contributed by atoms with van der Waals surface area (Å²) in [6.07, 6.45) is 0. The molecule has 1 saturated heterocycles. The lowest BCUT2D eigenvalue weighted by Crippen LogP contribution is -2.45. The average Bonchev–Trinajstić information content (AvgIpc) is 2.48. The van der Waals surface area contributed by atoms with Crippen molar-refractivity contribution < 1.29 is 13.2 Å². The van der Waals surface area contributed by atoms with Crippen LogP contribution in [0.25, 0.3) is 10.9 Å². The molecular weight excluding hydrogens is 300 g/mol. The summed E-state index contributed by atoms with van der Waals surface area (Å²) in [6, 6.07) is 7.85. The molecular formula is C16H20N2O3S. The summed E-state index contributed by atoms with van der Waals surface area (Å²) in [5.41, 5.74) is 2.75. The Morgan fingerprint density at radius 2 is 2.14 bits per heavy atom. The van der Waals surface area contributed by atoms with Crippen LogP contribution < -0.4 is 9.64 Å². The zero-order chi connectivity index (χ0) is 15.9. The number of hydrogen-bond acceptors (Lipinski definition) is 5. The molecule has 118 valence electrons. The van der Waals surface area contributed by atoms with Crippen molar-refractivity contribution in [1.29, 1.82) is 0 Å². The van der Waals surface area contributed by atoms with E-state index in [2.05, 4.69) is 9.88 Å². The first-order valence-corrected chi connectivity index (χ1v) is 9.05. The van der Waals surface area contributed by atoms with Gasteiger partial charge in [-0.15, -0.1) is 0 Å². The van der Waals surface area contributed by atoms with Gasteiger partial charge in [-0.2, -0.15) is 0 Å². The number of pyridine rings is 1. The van der Waals surface area contributed by atoms with E-state index in [9.17, 15) is 8.42 Å². The second-order valence-electron chi connectivity index (χ2n) is 5.76. The Bertz CT molecular complexity index is 817. The highest BCUT2D eigenvalue weighted by atomic mass is 32.2. The van der Waals surface area contributed by atoms with Crippen LogP contribution in [0.4, 0.5) is 5.69 Å². The Morgan fingerprint density at radius 1 is 1.36 bits per heavy atom. The second-order valence-corrected chi connectivity index (χ2v) is 8.30. The topological polar surface area (TPSA) is 59.5 Å². The summed E-state index contributed by atoms with van der Waals surface area (Å²) in [5, 5.41) is 0.645. The van der Waals surface area contributed by atoms with Gasteiger partial charge in [0.05, 0.1) is 18.1 Å². The third kappa shape index (κ3) is 2.52. The quantitative estimate of drug-likeness (QED) is 0.849. The predicted octanol–water partition coefficient (Wildman–Crippen LogP) is 2.18. The molecule has 1 aromatic carbocycles. The zero-order valence-electron chi connectivity index (χ0n) is 13.0. The van der Waals surface area contributed by atoms with E-state index in [-0.39, 0.29) is 11.0 Å². The van der Waals surface area contributed by atoms with Crippen LogP contribution >= 0.6 is 0 Å². The van der Waals surface area contributed by atoms with Gasteiger partial charge < -0.3 is 9.64 Å². The molecule has 0 unspecified atom stereocenters. The Kier molecular flexibility index (Phi) is 3.72. The van der Waals surface area contributed by atoms with Gasteiger partial charge in [-0.3, -0.25) is 0 Å². The largest absolute Gasteiger partial charge is 0.494 e. The maximum Gasteiger partial charge on any atom is 0.156 e. The molecule has 0 radical (unpaired) electrons. The van der Waals surface area contributed by atoms with Gasteiger partial charge in [0.25, 0.3) is 0 Å². The number of sulfone groups is 1. The predicted molar refractivity (Wildman–Crippen MR) is 88.5 cm³/mol. The summed E-state index contributed by atoms with van der Waals surface area (Å²) in [5.74, 6) is 0.932. The number of hydrogen-bond donors (Lipinski definition) is 0. The van der Waals surface area contributed by atoms with Gasteiger partial charge in [0.1, 0.15) is 11.3 Å². The van der Waals surface area contributed by atoms with E-state index in [0.29, 0.717) is 13.1 Å². The highest BCUT2D eigenvalue weighted by molar-refractivity contribution is 7.92. The number of aromatic nitrogens is 1. The third-order valence-corrected chi connectivity index (χ3v) is 6.33. The fourth-order valence-corrected chi connectivity index (χ4v) is 4.21. The molecule has 0 aliphatic carbocycles. The number of para-hydroxylation sites is 1. The summed E-state index contributed by atoms with van der Waals surface area (Å²) < 4.78 is 29.3. The van der Waals surface area contributed by atoms with Crippen molar-refractivity contribution in [1.82, 2.24) is 4.98 Å². The van der Waals surface area contributed by atoms with E-state index in [1.54, 1.807) is 14.0 Å². The minimum Gasteiger partial charge on any atom is -0.494 e. The monoisotopic (exact) mass is 320 g/mol. The van der Waals surface area contributed by atoms with E-state index in [0.717, 1.165) is 28.0 Å². The van der Waals surface area contributed by atoms with E-state index in [1.165, 1.54) is 0 Å². The number of ether oxygens (including phenoxy) is 1. The number of fused-ring (bicyclic) bond motifs is 1. The first-order valence-electron chi connectivity index (χ1n) is 7.33. The molecule has 1 aliphatic rings. The van der Waals surface area contributed by atoms with Crippen LogP contribution in [0.2, 0.25) is 0 Å². The number of benzene rings is 1. The summed E-state index contributed by atoms with van der Waals surface area (Å²) >= 11 is 0. The Balaban J connectivity index is 2.12. The number of nitrogens with zero attached hydrogens (tertiary/aromatic N) is 2. The lowest BCUT2D eigenvalue weighted by Gasteiger charge is -2.33. The molecule has 5 nitrogen and oxygen atoms in total. The summed E-state index contributed by atoms with van der Waals surface area (Å²) in [4.78, 5) is 6.72. The van der Waals surface area contributed by atoms with Gasteiger partial charge >= 0.3 is 0 Å². The van der Waals surface area contributed by atoms with Gasteiger partial charge in [-0.05, 0) is 26.0 Å². The standard InChI is InChI=1S/C16H20N2O3S/c1-11-9-14(18-7-8-22(19,20)12(2)10-18)13-5-4-6-15(21-3)16(13)17-11/h4-6,9,12H,7-8,10H2,1-3H3/t12-/m0/s1. The molecule has 2 heterocycles. The minimum absolute atomic E-state index is 0.195. The highest BCUT2D eigenvalue weighted by Crippen LogP contribution is 2.33. The van der Waals surface area contributed by atoms with Gasteiger partial charge in [-0.1, -0.05) is 12.1 Å². The lowest BCUT2D eigenvalue weighted by molar-refractivity contribution is 0.419. The van der Waals surface area contributed by atoms with Crippen molar-refractivity contribution >= 4 is 26.4 Å². The highest BCUT2D eigenvalue weighted by Gasteiger charge is 2.30. The van der Waals surface area contributed by atoms with Crippen LogP contribution in [-0.4, -0.2) is 44.6 Å². The zero-order valence-corrected chi connectivity index (χ0v) is 13.9. The molecule has 3 rings (SSSR count). The average molecular weight is 320 g/mol. The Labute approximate surface area is 130 Å². The maximum atomic E-state index is 11.9. The SMILES string of the molecule is COc1cccc2c(N3CCS(=O)(=O)[C@@H](C)C3)cc(C)nc12. The first-order chi connectivity index (χ1) is 10.4. The van der Waals surface area contributed by atoms with Gasteiger partial charge in [0.2, 0.25) is 0 Å². The molecule has 22 heavy (non-hydrogen) atoms. The molecule has 1 aromatic heterocycles. The molecule has 1 aliphatic heterocycles. The molecule has 2 aromatic rings. The van der Waals surface area contributed by atoms with Crippen LogP contribution in [0.5, 0.6) is 5.75 Å². The molecule has 0 saturated carbocycles. The van der Waals surface area contributed by atoms with E-state index < -0.39 is 9.84 Å². The van der Waals surface area contributed by atoms with Gasteiger partial charge in [0.15, 0.2) is 9.84 Å². The van der Waals surface area contributed by atoms with E-state index in [4.69, 9.17) is 4.74 Å². The molecule has 0 amide bonds. The van der Waals surface area contributed by atoms with Crippen LogP contribution in [0.3, 0.4) is 0 Å². The summed E-state index contributed by atoms with van der Waals surface area (Å²) in [6.45, 7) is 4.75. The van der Waals surface area contributed by atoms with Crippen molar-refractivity contribution in [3.63, 3.8) is 0 Å². The van der Waals surface area contributed by atoms with Crippen molar-refractivity contribution in [2.24, 2.45) is 0 Å². The van der Waals surface area contributed by atoms with Crippen molar-refractivity contribution in [2.75, 3.05) is 30.9 Å². The second kappa shape index (κ2) is 5.43. The molecule has 0 spiro atoms. The van der Waals surface area contributed by atoms with Crippen molar-refractivity contribution in [3.8, 4) is 5.75 Å². The van der Waals surface area contributed by atoms with Crippen molar-refractivity contribution in [2.45, 2.75) is 19.1 Å². The van der Waals surface area contributed by atoms with Crippen LogP contribution in [0, 0.1) is 6.92 Å². The van der Waals surface area contributed by atoms with Gasteiger partial charge in [0, 0.05) is 29.9 Å². The minimum atomic E-state index is -2.96. The molecule has 0 N–H and O–H groups in total. The van der Waals surface area contributed by atoms with Crippen molar-refractivity contribution in [3.05, 3.63) is 30.0 Å². The number of anilines is 1. The number of aryl methyl sites for hydroxylation is 1. The van der Waals surface area contributed by atoms with Gasteiger partial charge in [-0.25, -0.2) is 13.4 Å². The maximum absolute atomic E-state index is 11.9. The molecule has 1 fully saturated rings.